The smallest absolute Gasteiger partial charge is 0.395 e. The Morgan fingerprint density at radius 1 is 0.588 bits per heavy atom. The van der Waals surface area contributed by atoms with Gasteiger partial charge in [0.1, 0.15) is 17.2 Å². The fourth-order valence-corrected chi connectivity index (χ4v) is 4.53. The molecule has 0 aromatic heterocycles. The van der Waals surface area contributed by atoms with E-state index in [1.165, 1.54) is 18.2 Å². The number of ether oxygens (including phenoxy) is 2. The third-order valence-corrected chi connectivity index (χ3v) is 6.94. The molecule has 1 fully saturated rings. The summed E-state index contributed by atoms with van der Waals surface area (Å²) in [5.74, 6) is -22.8. The van der Waals surface area contributed by atoms with E-state index in [-0.39, 0.29) is 10.6 Å². The molecule has 0 radical (unpaired) electrons. The third-order valence-electron chi connectivity index (χ3n) is 5.16. The molecule has 3 aromatic carbocycles. The second-order valence-corrected chi connectivity index (χ2v) is 9.27. The van der Waals surface area contributed by atoms with Crippen molar-refractivity contribution in [1.82, 2.24) is 0 Å². The fourth-order valence-electron chi connectivity index (χ4n) is 3.27. The van der Waals surface area contributed by atoms with Crippen LogP contribution in [0, 0.1) is 0 Å². The minimum absolute atomic E-state index is 0.193. The van der Waals surface area contributed by atoms with Crippen LogP contribution in [0.2, 0.25) is 0 Å². The van der Waals surface area contributed by atoms with Crippen LogP contribution in [0.15, 0.2) is 88.7 Å². The topological polar surface area (TPSA) is 72.8 Å². The fraction of sp³-hybridized carbons (Fsp3) is 0.182. The predicted molar refractivity (Wildman–Crippen MR) is 105 cm³/mol. The highest BCUT2D eigenvalue weighted by Crippen LogP contribution is 2.68. The summed E-state index contributed by atoms with van der Waals surface area (Å²) in [4.78, 5) is -0.624. The Labute approximate surface area is 189 Å². The van der Waals surface area contributed by atoms with Gasteiger partial charge in [0.05, 0.1) is 9.79 Å². The number of hydrogen-bond acceptors (Lipinski definition) is 5. The lowest BCUT2D eigenvalue weighted by Crippen LogP contribution is -2.89. The van der Waals surface area contributed by atoms with Crippen LogP contribution in [0.4, 0.5) is 26.3 Å². The Morgan fingerprint density at radius 3 is 1.41 bits per heavy atom. The van der Waals surface area contributed by atoms with Crippen molar-refractivity contribution in [3.63, 3.8) is 0 Å². The van der Waals surface area contributed by atoms with Gasteiger partial charge in [-0.1, -0.05) is 18.2 Å². The van der Waals surface area contributed by atoms with E-state index in [1.54, 1.807) is 0 Å². The Bertz CT molecular complexity index is 1300. The highest BCUT2D eigenvalue weighted by Gasteiger charge is 3.03. The van der Waals surface area contributed by atoms with Gasteiger partial charge in [0.15, 0.2) is 0 Å². The highest BCUT2D eigenvalue weighted by atomic mass is 32.2. The predicted octanol–water partition coefficient (Wildman–Crippen LogP) is 5.30. The zero-order chi connectivity index (χ0) is 25.0. The van der Waals surface area contributed by atoms with Gasteiger partial charge in [-0.3, -0.25) is 0 Å². The Kier molecular flexibility index (Phi) is 5.27. The molecule has 1 N–H and O–H groups in total. The second-order valence-electron chi connectivity index (χ2n) is 7.33. The third kappa shape index (κ3) is 3.19. The van der Waals surface area contributed by atoms with Crippen LogP contribution in [0.1, 0.15) is 0 Å². The second kappa shape index (κ2) is 7.55. The number of alkyl halides is 6. The zero-order valence-electron chi connectivity index (χ0n) is 16.8. The molecule has 0 saturated heterocycles. The van der Waals surface area contributed by atoms with Gasteiger partial charge >= 0.3 is 23.6 Å². The molecule has 0 spiro atoms. The van der Waals surface area contributed by atoms with Gasteiger partial charge in [-0.05, 0) is 60.7 Å². The summed E-state index contributed by atoms with van der Waals surface area (Å²) in [5, 5.41) is 9.28. The lowest BCUT2D eigenvalue weighted by Gasteiger charge is -2.55. The molecule has 0 amide bonds. The summed E-state index contributed by atoms with van der Waals surface area (Å²) in [6, 6.07) is 13.2. The SMILES string of the molecule is O=S(=O)(c1ccc(O)cc1)c1ccc(OC2(F)C(F)(F)C(F)(F)C2(F)Oc2ccccc2)cc1. The van der Waals surface area contributed by atoms with Crippen LogP contribution < -0.4 is 9.47 Å². The summed E-state index contributed by atoms with van der Waals surface area (Å²) in [7, 11) is -4.14. The maximum Gasteiger partial charge on any atom is 0.395 e. The summed E-state index contributed by atoms with van der Waals surface area (Å²) in [6.07, 6.45) is 0. The van der Waals surface area contributed by atoms with Crippen molar-refractivity contribution >= 4 is 9.84 Å². The standard InChI is InChI=1S/C22H14F6O5S/c23-19(24)20(25,26)22(28,21(19,27)32-15-4-2-1-3-5-15)33-16-8-12-18(13-9-16)34(30,31)17-10-6-14(29)7-11-17/h1-13,29H. The van der Waals surface area contributed by atoms with Crippen molar-refractivity contribution in [2.24, 2.45) is 0 Å². The first-order chi connectivity index (χ1) is 15.8. The molecular formula is C22H14F6O5S. The average Bonchev–Trinajstić information content (AvgIpc) is 2.79. The van der Waals surface area contributed by atoms with Crippen LogP contribution in [-0.4, -0.2) is 37.1 Å². The summed E-state index contributed by atoms with van der Waals surface area (Å²) >= 11 is 0. The first-order valence-corrected chi connectivity index (χ1v) is 11.0. The van der Waals surface area contributed by atoms with Gasteiger partial charge < -0.3 is 14.6 Å². The van der Waals surface area contributed by atoms with E-state index in [0.717, 1.165) is 48.5 Å². The maximum absolute atomic E-state index is 15.1. The molecule has 0 heterocycles. The molecule has 2 atom stereocenters. The number of rotatable bonds is 6. The molecular weight excluding hydrogens is 490 g/mol. The zero-order valence-corrected chi connectivity index (χ0v) is 17.6. The maximum atomic E-state index is 15.1. The Balaban J connectivity index is 1.64. The van der Waals surface area contributed by atoms with Gasteiger partial charge in [0, 0.05) is 0 Å². The molecule has 0 aliphatic heterocycles. The summed E-state index contributed by atoms with van der Waals surface area (Å²) in [5.41, 5.74) is 0. The largest absolute Gasteiger partial charge is 0.508 e. The van der Waals surface area contributed by atoms with E-state index in [0.29, 0.717) is 12.1 Å². The van der Waals surface area contributed by atoms with Crippen molar-refractivity contribution in [2.75, 3.05) is 0 Å². The monoisotopic (exact) mass is 504 g/mol. The van der Waals surface area contributed by atoms with Crippen molar-refractivity contribution in [3.05, 3.63) is 78.9 Å². The molecule has 3 aromatic rings. The van der Waals surface area contributed by atoms with Crippen LogP contribution in [0.25, 0.3) is 0 Å². The molecule has 0 bridgehead atoms. The van der Waals surface area contributed by atoms with E-state index in [9.17, 15) is 31.1 Å². The molecule has 5 nitrogen and oxygen atoms in total. The number of hydrogen-bond donors (Lipinski definition) is 1. The van der Waals surface area contributed by atoms with Crippen molar-refractivity contribution in [3.8, 4) is 17.2 Å². The Morgan fingerprint density at radius 2 is 0.971 bits per heavy atom. The van der Waals surface area contributed by atoms with Gasteiger partial charge in [-0.25, -0.2) is 8.42 Å². The van der Waals surface area contributed by atoms with E-state index >= 15 is 8.78 Å². The lowest BCUT2D eigenvalue weighted by atomic mass is 9.76. The lowest BCUT2D eigenvalue weighted by molar-refractivity contribution is -0.527. The molecule has 2 unspecified atom stereocenters. The molecule has 180 valence electrons. The summed E-state index contributed by atoms with van der Waals surface area (Å²) in [6.45, 7) is 0. The van der Waals surface area contributed by atoms with E-state index in [2.05, 4.69) is 9.47 Å². The van der Waals surface area contributed by atoms with Crippen molar-refractivity contribution in [2.45, 2.75) is 33.3 Å². The van der Waals surface area contributed by atoms with E-state index < -0.39 is 49.8 Å². The van der Waals surface area contributed by atoms with Gasteiger partial charge in [-0.15, -0.1) is 0 Å². The number of phenols is 1. The quantitative estimate of drug-likeness (QED) is 0.462. The number of phenolic OH excluding ortho intramolecular Hbond substituents is 1. The van der Waals surface area contributed by atoms with Crippen LogP contribution >= 0.6 is 0 Å². The van der Waals surface area contributed by atoms with E-state index in [4.69, 9.17) is 0 Å². The van der Waals surface area contributed by atoms with Gasteiger partial charge in [-0.2, -0.15) is 26.3 Å². The highest BCUT2D eigenvalue weighted by molar-refractivity contribution is 7.91. The normalized spacial score (nSPS) is 25.2. The van der Waals surface area contributed by atoms with Crippen molar-refractivity contribution < 1.29 is 49.3 Å². The minimum atomic E-state index is -5.62. The first-order valence-electron chi connectivity index (χ1n) is 9.47. The van der Waals surface area contributed by atoms with Gasteiger partial charge in [0.2, 0.25) is 9.84 Å². The number of benzene rings is 3. The number of halogens is 6. The number of sulfone groups is 1. The Hall–Kier alpha value is -3.41. The van der Waals surface area contributed by atoms with Crippen LogP contribution in [0.5, 0.6) is 17.2 Å². The molecule has 1 saturated carbocycles. The van der Waals surface area contributed by atoms with Crippen LogP contribution in [-0.2, 0) is 9.84 Å². The molecule has 34 heavy (non-hydrogen) atoms. The number of aromatic hydroxyl groups is 1. The molecule has 12 heteroatoms. The van der Waals surface area contributed by atoms with Crippen molar-refractivity contribution in [1.29, 1.82) is 0 Å². The molecule has 1 aliphatic carbocycles. The van der Waals surface area contributed by atoms with E-state index in [1.807, 2.05) is 0 Å². The molecule has 1 aliphatic rings. The summed E-state index contributed by atoms with van der Waals surface area (Å²) < 4.78 is 120. The van der Waals surface area contributed by atoms with Crippen LogP contribution in [0.3, 0.4) is 0 Å². The average molecular weight is 504 g/mol. The van der Waals surface area contributed by atoms with Gasteiger partial charge in [0.25, 0.3) is 0 Å². The number of para-hydroxylation sites is 1. The minimum Gasteiger partial charge on any atom is -0.508 e. The molecule has 4 rings (SSSR count). The first kappa shape index (κ1) is 23.7.